The summed E-state index contributed by atoms with van der Waals surface area (Å²) in [6.45, 7) is 5.63. The Hall–Kier alpha value is -2.16. The molecule has 0 N–H and O–H groups in total. The Kier molecular flexibility index (Phi) is 5.73. The maximum absolute atomic E-state index is 11.2. The zero-order chi connectivity index (χ0) is 14.3. The van der Waals surface area contributed by atoms with Crippen molar-refractivity contribution in [1.29, 1.82) is 0 Å². The van der Waals surface area contributed by atoms with Gasteiger partial charge in [0.15, 0.2) is 5.78 Å². The zero-order valence-electron chi connectivity index (χ0n) is 11.5. The van der Waals surface area contributed by atoms with Gasteiger partial charge in [0.05, 0.1) is 6.61 Å². The van der Waals surface area contributed by atoms with Crippen LogP contribution in [0.1, 0.15) is 35.3 Å². The second-order valence-corrected chi connectivity index (χ2v) is 4.10. The van der Waals surface area contributed by atoms with E-state index in [1.54, 1.807) is 32.1 Å². The summed E-state index contributed by atoms with van der Waals surface area (Å²) in [5.74, 6) is -0.295. The second-order valence-electron chi connectivity index (χ2n) is 4.10. The lowest BCUT2D eigenvalue weighted by molar-refractivity contribution is -0.137. The van der Waals surface area contributed by atoms with Gasteiger partial charge in [-0.05, 0) is 38.0 Å². The average molecular weight is 258 g/mol. The van der Waals surface area contributed by atoms with E-state index < -0.39 is 0 Å². The maximum Gasteiger partial charge on any atom is 0.330 e. The summed E-state index contributed by atoms with van der Waals surface area (Å²) in [5.41, 5.74) is 2.74. The Morgan fingerprint density at radius 1 is 1.26 bits per heavy atom. The second kappa shape index (κ2) is 7.31. The quantitative estimate of drug-likeness (QED) is 0.352. The molecule has 0 heterocycles. The molecule has 0 spiro atoms. The third-order valence-electron chi connectivity index (χ3n) is 2.58. The molecule has 1 aromatic rings. The van der Waals surface area contributed by atoms with E-state index in [1.807, 2.05) is 25.1 Å². The number of hydrogen-bond donors (Lipinski definition) is 0. The van der Waals surface area contributed by atoms with E-state index in [0.717, 1.165) is 11.1 Å². The summed E-state index contributed by atoms with van der Waals surface area (Å²) >= 11 is 0. The highest BCUT2D eigenvalue weighted by Crippen LogP contribution is 2.13. The molecule has 0 saturated heterocycles. The Labute approximate surface area is 113 Å². The number of ketones is 1. The highest BCUT2D eigenvalue weighted by molar-refractivity contribution is 5.94. The number of esters is 1. The minimum absolute atomic E-state index is 0.0563. The lowest BCUT2D eigenvalue weighted by Gasteiger charge is -2.02. The van der Waals surface area contributed by atoms with Crippen molar-refractivity contribution in [3.05, 3.63) is 53.1 Å². The van der Waals surface area contributed by atoms with Gasteiger partial charge in [-0.1, -0.05) is 30.4 Å². The van der Waals surface area contributed by atoms with Crippen molar-refractivity contribution < 1.29 is 14.3 Å². The third-order valence-corrected chi connectivity index (χ3v) is 2.58. The Balaban J connectivity index is 2.72. The van der Waals surface area contributed by atoms with Crippen molar-refractivity contribution in [2.24, 2.45) is 0 Å². The first-order valence-corrected chi connectivity index (χ1v) is 6.17. The molecule has 0 bridgehead atoms. The van der Waals surface area contributed by atoms with Gasteiger partial charge in [-0.3, -0.25) is 4.79 Å². The lowest BCUT2D eigenvalue weighted by atomic mass is 10.0. The van der Waals surface area contributed by atoms with Crippen LogP contribution in [0.2, 0.25) is 0 Å². The molecule has 0 radical (unpaired) electrons. The molecule has 0 aliphatic rings. The third kappa shape index (κ3) is 4.92. The Morgan fingerprint density at radius 2 is 2.00 bits per heavy atom. The molecule has 3 nitrogen and oxygen atoms in total. The molecule has 0 aromatic heterocycles. The number of rotatable bonds is 5. The molecule has 1 rings (SSSR count). The first-order chi connectivity index (χ1) is 9.04. The van der Waals surface area contributed by atoms with Crippen LogP contribution in [0.25, 0.3) is 6.08 Å². The molecule has 1 aromatic carbocycles. The van der Waals surface area contributed by atoms with Crippen LogP contribution in [0.15, 0.2) is 36.4 Å². The first-order valence-electron chi connectivity index (χ1n) is 6.17. The number of aryl methyl sites for hydroxylation is 1. The van der Waals surface area contributed by atoms with Crippen LogP contribution in [0.3, 0.4) is 0 Å². The van der Waals surface area contributed by atoms with Gasteiger partial charge >= 0.3 is 5.97 Å². The van der Waals surface area contributed by atoms with Crippen molar-refractivity contribution in [2.75, 3.05) is 6.61 Å². The number of carbonyl (C=O) groups excluding carboxylic acids is 2. The van der Waals surface area contributed by atoms with E-state index in [4.69, 9.17) is 4.74 Å². The van der Waals surface area contributed by atoms with Gasteiger partial charge in [0, 0.05) is 11.6 Å². The summed E-state index contributed by atoms with van der Waals surface area (Å²) in [4.78, 5) is 22.3. The lowest BCUT2D eigenvalue weighted by Crippen LogP contribution is -1.98. The van der Waals surface area contributed by atoms with E-state index in [-0.39, 0.29) is 11.8 Å². The molecule has 3 heteroatoms. The number of allylic oxidation sites excluding steroid dienone is 2. The molecular formula is C16H18O3. The monoisotopic (exact) mass is 258 g/mol. The molecule has 0 aliphatic carbocycles. The van der Waals surface area contributed by atoms with Gasteiger partial charge in [-0.15, -0.1) is 0 Å². The van der Waals surface area contributed by atoms with Crippen LogP contribution in [0, 0.1) is 6.92 Å². The number of carbonyl (C=O) groups is 2. The molecule has 0 fully saturated rings. The van der Waals surface area contributed by atoms with E-state index in [1.165, 1.54) is 6.08 Å². The number of benzene rings is 1. The molecular weight excluding hydrogens is 240 g/mol. The molecule has 0 atom stereocenters. The normalized spacial score (nSPS) is 11.1. The first kappa shape index (κ1) is 14.9. The predicted molar refractivity (Wildman–Crippen MR) is 76.0 cm³/mol. The maximum atomic E-state index is 11.2. The van der Waals surface area contributed by atoms with Crippen molar-refractivity contribution in [3.63, 3.8) is 0 Å². The molecule has 0 aliphatic heterocycles. The van der Waals surface area contributed by atoms with Crippen LogP contribution < -0.4 is 0 Å². The standard InChI is InChI=1S/C16H18O3/c1-4-19-16(18)8-6-5-7-14-9-10-15(13(3)17)11-12(14)2/h5-11H,4H2,1-3H3. The minimum atomic E-state index is -0.351. The van der Waals surface area contributed by atoms with E-state index in [2.05, 4.69) is 0 Å². The summed E-state index contributed by atoms with van der Waals surface area (Å²) in [5, 5.41) is 0. The van der Waals surface area contributed by atoms with Crippen molar-refractivity contribution >= 4 is 17.8 Å². The number of Topliss-reactive ketones (excluding diaryl/α,β-unsaturated/α-hetero) is 1. The highest BCUT2D eigenvalue weighted by Gasteiger charge is 2.01. The summed E-state index contributed by atoms with van der Waals surface area (Å²) < 4.78 is 4.76. The van der Waals surface area contributed by atoms with E-state index in [0.29, 0.717) is 12.2 Å². The van der Waals surface area contributed by atoms with Crippen LogP contribution in [-0.4, -0.2) is 18.4 Å². The van der Waals surface area contributed by atoms with Gasteiger partial charge in [-0.2, -0.15) is 0 Å². The van der Waals surface area contributed by atoms with Crippen LogP contribution >= 0.6 is 0 Å². The highest BCUT2D eigenvalue weighted by atomic mass is 16.5. The average Bonchev–Trinajstić information content (AvgIpc) is 2.36. The smallest absolute Gasteiger partial charge is 0.330 e. The van der Waals surface area contributed by atoms with Crippen molar-refractivity contribution in [2.45, 2.75) is 20.8 Å². The SMILES string of the molecule is CCOC(=O)C=CC=Cc1ccc(C(C)=O)cc1C. The van der Waals surface area contributed by atoms with Crippen LogP contribution in [0.5, 0.6) is 0 Å². The van der Waals surface area contributed by atoms with E-state index in [9.17, 15) is 9.59 Å². The van der Waals surface area contributed by atoms with Crippen molar-refractivity contribution in [3.8, 4) is 0 Å². The topological polar surface area (TPSA) is 43.4 Å². The van der Waals surface area contributed by atoms with Gasteiger partial charge < -0.3 is 4.74 Å². The largest absolute Gasteiger partial charge is 0.463 e. The van der Waals surface area contributed by atoms with Crippen LogP contribution in [0.4, 0.5) is 0 Å². The molecule has 0 unspecified atom stereocenters. The zero-order valence-corrected chi connectivity index (χ0v) is 11.5. The summed E-state index contributed by atoms with van der Waals surface area (Å²) in [7, 11) is 0. The predicted octanol–water partition coefficient (Wildman–Crippen LogP) is 3.33. The Morgan fingerprint density at radius 3 is 2.58 bits per heavy atom. The summed E-state index contributed by atoms with van der Waals surface area (Å²) in [6.07, 6.45) is 6.66. The van der Waals surface area contributed by atoms with Gasteiger partial charge in [-0.25, -0.2) is 4.79 Å². The molecule has 19 heavy (non-hydrogen) atoms. The van der Waals surface area contributed by atoms with Crippen molar-refractivity contribution in [1.82, 2.24) is 0 Å². The molecule has 0 amide bonds. The van der Waals surface area contributed by atoms with Gasteiger partial charge in [0.1, 0.15) is 0 Å². The molecule has 100 valence electrons. The van der Waals surface area contributed by atoms with Crippen LogP contribution in [-0.2, 0) is 9.53 Å². The number of ether oxygens (including phenoxy) is 1. The molecule has 0 saturated carbocycles. The fourth-order valence-corrected chi connectivity index (χ4v) is 1.57. The summed E-state index contributed by atoms with van der Waals surface area (Å²) in [6, 6.07) is 5.54. The van der Waals surface area contributed by atoms with Gasteiger partial charge in [0.25, 0.3) is 0 Å². The Bertz CT molecular complexity index is 525. The van der Waals surface area contributed by atoms with Gasteiger partial charge in [0.2, 0.25) is 0 Å². The minimum Gasteiger partial charge on any atom is -0.463 e. The fraction of sp³-hybridized carbons (Fsp3) is 0.250. The fourth-order valence-electron chi connectivity index (χ4n) is 1.57. The van der Waals surface area contributed by atoms with E-state index >= 15 is 0 Å². The number of hydrogen-bond acceptors (Lipinski definition) is 3.